The Morgan fingerprint density at radius 2 is 2.18 bits per heavy atom. The van der Waals surface area contributed by atoms with Crippen LogP contribution in [-0.4, -0.2) is 22.2 Å². The number of amides is 1. The van der Waals surface area contributed by atoms with Crippen LogP contribution in [0.5, 0.6) is 0 Å². The zero-order valence-corrected chi connectivity index (χ0v) is 14.2. The minimum absolute atomic E-state index is 0.0934. The van der Waals surface area contributed by atoms with Gasteiger partial charge in [0.1, 0.15) is 0 Å². The van der Waals surface area contributed by atoms with Crippen LogP contribution >= 0.6 is 22.6 Å². The Kier molecular flexibility index (Phi) is 4.56. The van der Waals surface area contributed by atoms with Gasteiger partial charge in [-0.25, -0.2) is 4.68 Å². The molecule has 0 unspecified atom stereocenters. The summed E-state index contributed by atoms with van der Waals surface area (Å²) >= 11 is 2.17. The highest BCUT2D eigenvalue weighted by atomic mass is 127. The van der Waals surface area contributed by atoms with Crippen molar-refractivity contribution in [3.8, 4) is 0 Å². The third-order valence-electron chi connectivity index (χ3n) is 3.72. The molecule has 1 aromatic heterocycles. The maximum atomic E-state index is 12.0. The van der Waals surface area contributed by atoms with Gasteiger partial charge >= 0.3 is 0 Å². The normalized spacial score (nSPS) is 13.0. The predicted molar refractivity (Wildman–Crippen MR) is 92.0 cm³/mol. The molecule has 0 bridgehead atoms. The van der Waals surface area contributed by atoms with Crippen molar-refractivity contribution >= 4 is 28.5 Å². The number of carbonyl (C=O) groups is 1. The zero-order chi connectivity index (χ0) is 15.5. The van der Waals surface area contributed by atoms with E-state index < -0.39 is 0 Å². The fraction of sp³-hybridized carbons (Fsp3) is 0.312. The molecular weight excluding hydrogens is 393 g/mol. The van der Waals surface area contributed by atoms with E-state index in [-0.39, 0.29) is 11.5 Å². The van der Waals surface area contributed by atoms with Gasteiger partial charge < -0.3 is 5.32 Å². The van der Waals surface area contributed by atoms with Crippen molar-refractivity contribution < 1.29 is 4.79 Å². The third kappa shape index (κ3) is 3.37. The van der Waals surface area contributed by atoms with E-state index in [1.54, 1.807) is 12.1 Å². The smallest absolute Gasteiger partial charge is 0.267 e. The van der Waals surface area contributed by atoms with Crippen LogP contribution in [0.15, 0.2) is 35.1 Å². The number of carbonyl (C=O) groups excluding carboxylic acids is 1. The molecule has 0 aliphatic heterocycles. The number of aromatic nitrogens is 2. The Hall–Kier alpha value is -1.70. The van der Waals surface area contributed by atoms with Crippen LogP contribution in [0.4, 0.5) is 0 Å². The number of nitrogens with zero attached hydrogens (tertiary/aromatic N) is 2. The van der Waals surface area contributed by atoms with E-state index in [0.717, 1.165) is 34.1 Å². The fourth-order valence-electron chi connectivity index (χ4n) is 2.61. The van der Waals surface area contributed by atoms with E-state index >= 15 is 0 Å². The molecule has 1 N–H and O–H groups in total. The van der Waals surface area contributed by atoms with Gasteiger partial charge in [0, 0.05) is 21.7 Å². The lowest BCUT2D eigenvalue weighted by Gasteiger charge is -2.08. The van der Waals surface area contributed by atoms with Gasteiger partial charge in [-0.2, -0.15) is 5.10 Å². The highest BCUT2D eigenvalue weighted by Gasteiger charge is 2.14. The molecule has 0 atom stereocenters. The second-order valence-corrected chi connectivity index (χ2v) is 6.54. The summed E-state index contributed by atoms with van der Waals surface area (Å²) in [6.45, 7) is 0.776. The molecule has 114 valence electrons. The number of hydrogen-bond acceptors (Lipinski definition) is 3. The van der Waals surface area contributed by atoms with Gasteiger partial charge in [-0.15, -0.1) is 0 Å². The molecular formula is C16H16IN3O2. The molecule has 0 spiro atoms. The Morgan fingerprint density at radius 3 is 3.00 bits per heavy atom. The minimum atomic E-state index is -0.132. The van der Waals surface area contributed by atoms with Crippen LogP contribution in [0.1, 0.15) is 28.0 Å². The summed E-state index contributed by atoms with van der Waals surface area (Å²) in [7, 11) is 0. The van der Waals surface area contributed by atoms with Gasteiger partial charge in [-0.3, -0.25) is 9.59 Å². The van der Waals surface area contributed by atoms with Crippen LogP contribution in [0.2, 0.25) is 0 Å². The topological polar surface area (TPSA) is 64.0 Å². The summed E-state index contributed by atoms with van der Waals surface area (Å²) in [5.41, 5.74) is 2.62. The Balaban J connectivity index is 1.62. The summed E-state index contributed by atoms with van der Waals surface area (Å²) in [5.74, 6) is -0.132. The SMILES string of the molecule is O=C(NCCn1nc2c(cc1=O)CCC2)c1cccc(I)c1. The van der Waals surface area contributed by atoms with Crippen LogP contribution < -0.4 is 10.9 Å². The Bertz CT molecular complexity index is 770. The van der Waals surface area contributed by atoms with E-state index in [1.165, 1.54) is 4.68 Å². The van der Waals surface area contributed by atoms with Gasteiger partial charge in [0.05, 0.1) is 12.2 Å². The summed E-state index contributed by atoms with van der Waals surface area (Å²) in [6, 6.07) is 9.07. The summed E-state index contributed by atoms with van der Waals surface area (Å²) < 4.78 is 2.46. The molecule has 1 heterocycles. The van der Waals surface area contributed by atoms with Gasteiger partial charge in [-0.1, -0.05) is 6.07 Å². The lowest BCUT2D eigenvalue weighted by molar-refractivity contribution is 0.0951. The quantitative estimate of drug-likeness (QED) is 0.784. The molecule has 1 aromatic carbocycles. The van der Waals surface area contributed by atoms with Crippen LogP contribution in [-0.2, 0) is 19.4 Å². The van der Waals surface area contributed by atoms with Gasteiger partial charge in [0.15, 0.2) is 0 Å². The van der Waals surface area contributed by atoms with Crippen LogP contribution in [0, 0.1) is 3.57 Å². The summed E-state index contributed by atoms with van der Waals surface area (Å²) in [5, 5.41) is 7.22. The average Bonchev–Trinajstić information content (AvgIpc) is 2.94. The van der Waals surface area contributed by atoms with Gasteiger partial charge in [-0.05, 0) is 65.6 Å². The lowest BCUT2D eigenvalue weighted by atomic mass is 10.2. The van der Waals surface area contributed by atoms with Crippen molar-refractivity contribution in [2.24, 2.45) is 0 Å². The summed E-state index contributed by atoms with van der Waals surface area (Å²) in [4.78, 5) is 24.0. The Morgan fingerprint density at radius 1 is 1.32 bits per heavy atom. The molecule has 0 saturated carbocycles. The maximum absolute atomic E-state index is 12.0. The first-order valence-electron chi connectivity index (χ1n) is 7.27. The van der Waals surface area contributed by atoms with Crippen molar-refractivity contribution in [1.29, 1.82) is 0 Å². The number of rotatable bonds is 4. The third-order valence-corrected chi connectivity index (χ3v) is 4.39. The predicted octanol–water partition coefficient (Wildman–Crippen LogP) is 1.77. The lowest BCUT2D eigenvalue weighted by Crippen LogP contribution is -2.32. The van der Waals surface area contributed by atoms with Crippen LogP contribution in [0.25, 0.3) is 0 Å². The number of aryl methyl sites for hydroxylation is 2. The molecule has 1 aliphatic rings. The number of hydrogen-bond donors (Lipinski definition) is 1. The second-order valence-electron chi connectivity index (χ2n) is 5.30. The van der Waals surface area contributed by atoms with Crippen LogP contribution in [0.3, 0.4) is 0 Å². The highest BCUT2D eigenvalue weighted by Crippen LogP contribution is 2.16. The largest absolute Gasteiger partial charge is 0.350 e. The van der Waals surface area contributed by atoms with E-state index in [1.807, 2.05) is 18.2 Å². The van der Waals surface area contributed by atoms with Crippen molar-refractivity contribution in [2.45, 2.75) is 25.8 Å². The first-order chi connectivity index (χ1) is 10.6. The Labute approximate surface area is 141 Å². The highest BCUT2D eigenvalue weighted by molar-refractivity contribution is 14.1. The number of halogens is 1. The minimum Gasteiger partial charge on any atom is -0.350 e. The number of benzene rings is 1. The second kappa shape index (κ2) is 6.60. The first-order valence-corrected chi connectivity index (χ1v) is 8.35. The number of nitrogens with one attached hydrogen (secondary N) is 1. The first kappa shape index (κ1) is 15.2. The monoisotopic (exact) mass is 409 g/mol. The molecule has 5 nitrogen and oxygen atoms in total. The fourth-order valence-corrected chi connectivity index (χ4v) is 3.15. The van der Waals surface area contributed by atoms with E-state index in [4.69, 9.17) is 0 Å². The van der Waals surface area contributed by atoms with E-state index in [0.29, 0.717) is 18.7 Å². The molecule has 22 heavy (non-hydrogen) atoms. The molecule has 0 radical (unpaired) electrons. The summed E-state index contributed by atoms with van der Waals surface area (Å²) in [6.07, 6.45) is 2.95. The average molecular weight is 409 g/mol. The molecule has 6 heteroatoms. The van der Waals surface area contributed by atoms with Crippen molar-refractivity contribution in [3.05, 3.63) is 61.1 Å². The maximum Gasteiger partial charge on any atom is 0.267 e. The molecule has 1 amide bonds. The molecule has 2 aromatic rings. The molecule has 0 fully saturated rings. The molecule has 1 aliphatic carbocycles. The van der Waals surface area contributed by atoms with E-state index in [2.05, 4.69) is 33.0 Å². The van der Waals surface area contributed by atoms with E-state index in [9.17, 15) is 9.59 Å². The standard InChI is InChI=1S/C16H16IN3O2/c17-13-5-1-4-12(9-13)16(22)18-7-8-20-15(21)10-11-3-2-6-14(11)19-20/h1,4-5,9-10H,2-3,6-8H2,(H,18,22). The zero-order valence-electron chi connectivity index (χ0n) is 12.0. The molecule has 3 rings (SSSR count). The number of fused-ring (bicyclic) bond motifs is 1. The molecule has 0 saturated heterocycles. The van der Waals surface area contributed by atoms with Gasteiger partial charge in [0.25, 0.3) is 11.5 Å². The van der Waals surface area contributed by atoms with Crippen molar-refractivity contribution in [1.82, 2.24) is 15.1 Å². The van der Waals surface area contributed by atoms with Crippen molar-refractivity contribution in [2.75, 3.05) is 6.54 Å². The van der Waals surface area contributed by atoms with Crippen molar-refractivity contribution in [3.63, 3.8) is 0 Å². The van der Waals surface area contributed by atoms with Gasteiger partial charge in [0.2, 0.25) is 0 Å².